The van der Waals surface area contributed by atoms with Gasteiger partial charge in [-0.1, -0.05) is 17.9 Å². The molecule has 1 aromatic carbocycles. The quantitative estimate of drug-likeness (QED) is 0.633. The molecule has 0 amide bonds. The normalized spacial score (nSPS) is 10.4. The first kappa shape index (κ1) is 15.6. The lowest BCUT2D eigenvalue weighted by Crippen LogP contribution is -2.29. The van der Waals surface area contributed by atoms with Crippen molar-refractivity contribution in [1.82, 2.24) is 4.90 Å². The molecule has 19 heavy (non-hydrogen) atoms. The average Bonchev–Trinajstić information content (AvgIpc) is 2.39. The third-order valence-corrected chi connectivity index (χ3v) is 2.59. The second-order valence-electron chi connectivity index (χ2n) is 3.99. The minimum atomic E-state index is -0.384. The first-order valence-electron chi connectivity index (χ1n) is 6.03. The molecule has 4 nitrogen and oxygen atoms in total. The van der Waals surface area contributed by atoms with Crippen molar-refractivity contribution in [1.29, 1.82) is 0 Å². The molecule has 0 saturated heterocycles. The van der Waals surface area contributed by atoms with Crippen LogP contribution in [0.1, 0.15) is 11.1 Å². The van der Waals surface area contributed by atoms with Crippen molar-refractivity contribution in [3.05, 3.63) is 35.1 Å². The minimum absolute atomic E-state index is 0.0400. The monoisotopic (exact) mass is 267 g/mol. The predicted octanol–water partition coefficient (Wildman–Crippen LogP) is -0.0439. The van der Waals surface area contributed by atoms with E-state index in [0.717, 1.165) is 0 Å². The van der Waals surface area contributed by atoms with Crippen LogP contribution in [0.15, 0.2) is 18.2 Å². The standard InChI is InChI=1S/C14H18FNO3/c15-14-10-12(2-1-7-17)3-4-13(14)11-16(5-8-18)6-9-19/h3-4,10,17-19H,5-9,11H2. The fourth-order valence-corrected chi connectivity index (χ4v) is 1.69. The Labute approximate surface area is 112 Å². The van der Waals surface area contributed by atoms with Gasteiger partial charge in [0.15, 0.2) is 0 Å². The average molecular weight is 267 g/mol. The van der Waals surface area contributed by atoms with Crippen LogP contribution in [-0.4, -0.2) is 53.1 Å². The number of nitrogens with zero attached hydrogens (tertiary/aromatic N) is 1. The molecule has 1 aromatic rings. The lowest BCUT2D eigenvalue weighted by atomic mass is 10.1. The van der Waals surface area contributed by atoms with Crippen molar-refractivity contribution in [2.75, 3.05) is 32.9 Å². The second-order valence-corrected chi connectivity index (χ2v) is 3.99. The number of aliphatic hydroxyl groups is 3. The maximum absolute atomic E-state index is 13.8. The minimum Gasteiger partial charge on any atom is -0.395 e. The van der Waals surface area contributed by atoms with E-state index in [1.165, 1.54) is 6.07 Å². The van der Waals surface area contributed by atoms with Crippen LogP contribution in [0, 0.1) is 17.7 Å². The highest BCUT2D eigenvalue weighted by molar-refractivity contribution is 5.37. The van der Waals surface area contributed by atoms with Crippen molar-refractivity contribution in [2.24, 2.45) is 0 Å². The van der Waals surface area contributed by atoms with Gasteiger partial charge in [-0.05, 0) is 12.1 Å². The van der Waals surface area contributed by atoms with Crippen molar-refractivity contribution in [3.8, 4) is 11.8 Å². The Morgan fingerprint density at radius 2 is 1.79 bits per heavy atom. The number of benzene rings is 1. The van der Waals surface area contributed by atoms with Crippen molar-refractivity contribution in [3.63, 3.8) is 0 Å². The Hall–Kier alpha value is -1.45. The molecule has 1 rings (SSSR count). The van der Waals surface area contributed by atoms with Crippen molar-refractivity contribution >= 4 is 0 Å². The van der Waals surface area contributed by atoms with Gasteiger partial charge in [0, 0.05) is 30.8 Å². The number of aliphatic hydroxyl groups excluding tert-OH is 3. The van der Waals surface area contributed by atoms with Gasteiger partial charge in [-0.3, -0.25) is 4.90 Å². The molecule has 0 aliphatic heterocycles. The molecule has 0 radical (unpaired) electrons. The number of hydrogen-bond acceptors (Lipinski definition) is 4. The molecule has 0 bridgehead atoms. The molecular weight excluding hydrogens is 249 g/mol. The maximum Gasteiger partial charge on any atom is 0.128 e. The van der Waals surface area contributed by atoms with Gasteiger partial charge in [-0.25, -0.2) is 4.39 Å². The molecule has 0 aliphatic carbocycles. The molecule has 0 atom stereocenters. The summed E-state index contributed by atoms with van der Waals surface area (Å²) in [5.41, 5.74) is 0.989. The zero-order valence-electron chi connectivity index (χ0n) is 10.6. The number of halogens is 1. The van der Waals surface area contributed by atoms with Crippen molar-refractivity contribution < 1.29 is 19.7 Å². The smallest absolute Gasteiger partial charge is 0.128 e. The van der Waals surface area contributed by atoms with E-state index in [4.69, 9.17) is 15.3 Å². The Morgan fingerprint density at radius 3 is 2.32 bits per heavy atom. The summed E-state index contributed by atoms with van der Waals surface area (Å²) in [5, 5.41) is 26.4. The summed E-state index contributed by atoms with van der Waals surface area (Å²) in [6.45, 7) is 0.742. The van der Waals surface area contributed by atoms with Crippen LogP contribution in [-0.2, 0) is 6.54 Å². The molecule has 5 heteroatoms. The van der Waals surface area contributed by atoms with E-state index in [1.807, 2.05) is 0 Å². The fourth-order valence-electron chi connectivity index (χ4n) is 1.69. The van der Waals surface area contributed by atoms with Gasteiger partial charge >= 0.3 is 0 Å². The van der Waals surface area contributed by atoms with Crippen LogP contribution in [0.2, 0.25) is 0 Å². The Bertz CT molecular complexity index is 448. The molecule has 104 valence electrons. The van der Waals surface area contributed by atoms with Crippen LogP contribution in [0.4, 0.5) is 4.39 Å². The van der Waals surface area contributed by atoms with E-state index in [1.54, 1.807) is 17.0 Å². The van der Waals surface area contributed by atoms with Gasteiger partial charge in [-0.2, -0.15) is 0 Å². The van der Waals surface area contributed by atoms with E-state index >= 15 is 0 Å². The SMILES string of the molecule is OCC#Cc1ccc(CN(CCO)CCO)c(F)c1. The summed E-state index contributed by atoms with van der Waals surface area (Å²) >= 11 is 0. The highest BCUT2D eigenvalue weighted by atomic mass is 19.1. The highest BCUT2D eigenvalue weighted by Crippen LogP contribution is 2.12. The van der Waals surface area contributed by atoms with Crippen LogP contribution < -0.4 is 0 Å². The van der Waals surface area contributed by atoms with E-state index < -0.39 is 0 Å². The summed E-state index contributed by atoms with van der Waals surface area (Å²) in [6, 6.07) is 4.61. The topological polar surface area (TPSA) is 63.9 Å². The van der Waals surface area contributed by atoms with Crippen LogP contribution >= 0.6 is 0 Å². The summed E-state index contributed by atoms with van der Waals surface area (Å²) in [6.07, 6.45) is 0. The summed E-state index contributed by atoms with van der Waals surface area (Å²) < 4.78 is 13.8. The Kier molecular flexibility index (Phi) is 7.08. The first-order chi connectivity index (χ1) is 9.21. The number of rotatable bonds is 6. The Morgan fingerprint density at radius 1 is 1.11 bits per heavy atom. The van der Waals surface area contributed by atoms with Gasteiger partial charge in [0.2, 0.25) is 0 Å². The molecule has 0 aliphatic rings. The third kappa shape index (κ3) is 5.37. The molecule has 0 spiro atoms. The lowest BCUT2D eigenvalue weighted by Gasteiger charge is -2.20. The molecule has 0 fully saturated rings. The third-order valence-electron chi connectivity index (χ3n) is 2.59. The largest absolute Gasteiger partial charge is 0.395 e. The predicted molar refractivity (Wildman–Crippen MR) is 69.8 cm³/mol. The molecule has 0 heterocycles. The molecule has 3 N–H and O–H groups in total. The van der Waals surface area contributed by atoms with Crippen LogP contribution in [0.5, 0.6) is 0 Å². The van der Waals surface area contributed by atoms with E-state index in [2.05, 4.69) is 11.8 Å². The summed E-state index contributed by atoms with van der Waals surface area (Å²) in [4.78, 5) is 1.76. The summed E-state index contributed by atoms with van der Waals surface area (Å²) in [5.74, 6) is 4.70. The molecule has 0 aromatic heterocycles. The van der Waals surface area contributed by atoms with E-state index in [9.17, 15) is 4.39 Å². The Balaban J connectivity index is 2.77. The first-order valence-corrected chi connectivity index (χ1v) is 6.03. The second kappa shape index (κ2) is 8.62. The highest BCUT2D eigenvalue weighted by Gasteiger charge is 2.09. The fraction of sp³-hybridized carbons (Fsp3) is 0.429. The lowest BCUT2D eigenvalue weighted by molar-refractivity contribution is 0.154. The van der Waals surface area contributed by atoms with E-state index in [-0.39, 0.29) is 25.6 Å². The van der Waals surface area contributed by atoms with Gasteiger partial charge < -0.3 is 15.3 Å². The van der Waals surface area contributed by atoms with E-state index in [0.29, 0.717) is 30.8 Å². The molecule has 0 unspecified atom stereocenters. The van der Waals surface area contributed by atoms with Gasteiger partial charge in [0.1, 0.15) is 12.4 Å². The molecule has 0 saturated carbocycles. The van der Waals surface area contributed by atoms with Gasteiger partial charge in [0.05, 0.1) is 13.2 Å². The summed E-state index contributed by atoms with van der Waals surface area (Å²) in [7, 11) is 0. The zero-order valence-corrected chi connectivity index (χ0v) is 10.6. The maximum atomic E-state index is 13.8. The van der Waals surface area contributed by atoms with Gasteiger partial charge in [0.25, 0.3) is 0 Å². The van der Waals surface area contributed by atoms with Crippen LogP contribution in [0.3, 0.4) is 0 Å². The van der Waals surface area contributed by atoms with Crippen LogP contribution in [0.25, 0.3) is 0 Å². The number of hydrogen-bond donors (Lipinski definition) is 3. The van der Waals surface area contributed by atoms with Gasteiger partial charge in [-0.15, -0.1) is 0 Å². The zero-order chi connectivity index (χ0) is 14.1. The molecular formula is C14H18FNO3. The van der Waals surface area contributed by atoms with Crippen molar-refractivity contribution in [2.45, 2.75) is 6.54 Å².